The van der Waals surface area contributed by atoms with E-state index < -0.39 is 9.84 Å². The van der Waals surface area contributed by atoms with Gasteiger partial charge in [0.2, 0.25) is 11.8 Å². The van der Waals surface area contributed by atoms with Crippen molar-refractivity contribution in [2.75, 3.05) is 32.6 Å². The molecule has 264 valence electrons. The molecule has 0 fully saturated rings. The predicted octanol–water partition coefficient (Wildman–Crippen LogP) is 6.94. The third-order valence-corrected chi connectivity index (χ3v) is 10.2. The molecule has 1 aliphatic carbocycles. The second kappa shape index (κ2) is 16.2. The van der Waals surface area contributed by atoms with E-state index in [1.807, 2.05) is 54.6 Å². The number of nitrogens with one attached hydrogen (secondary N) is 1. The van der Waals surface area contributed by atoms with Gasteiger partial charge in [0.15, 0.2) is 16.1 Å². The van der Waals surface area contributed by atoms with Crippen molar-refractivity contribution in [2.45, 2.75) is 30.4 Å². The first-order chi connectivity index (χ1) is 24.7. The van der Waals surface area contributed by atoms with Crippen LogP contribution in [-0.2, 0) is 22.9 Å². The van der Waals surface area contributed by atoms with Crippen LogP contribution in [0.5, 0.6) is 17.5 Å². The van der Waals surface area contributed by atoms with Crippen molar-refractivity contribution in [3.63, 3.8) is 0 Å². The third kappa shape index (κ3) is 8.52. The molecule has 0 amide bonds. The molecule has 5 aromatic rings. The average Bonchev–Trinajstić information content (AvgIpc) is 3.54. The number of aldehydes is 1. The lowest BCUT2D eigenvalue weighted by molar-refractivity contribution is 0.111. The molecule has 1 atom stereocenters. The monoisotopic (exact) mass is 747 g/mol. The maximum absolute atomic E-state index is 12.0. The molecule has 13 heteroatoms. The number of ether oxygens (including phenoxy) is 3. The Bertz CT molecular complexity index is 2150. The van der Waals surface area contributed by atoms with Crippen LogP contribution in [-0.4, -0.2) is 62.3 Å². The summed E-state index contributed by atoms with van der Waals surface area (Å²) in [6.45, 7) is 1.66. The number of carbonyl (C=O) groups excluding carboxylic acids is 1. The van der Waals surface area contributed by atoms with Crippen molar-refractivity contribution < 1.29 is 32.5 Å². The van der Waals surface area contributed by atoms with Crippen LogP contribution in [0.4, 0.5) is 0 Å². The van der Waals surface area contributed by atoms with Crippen molar-refractivity contribution in [2.24, 2.45) is 0 Å². The first-order valence-electron chi connectivity index (χ1n) is 16.2. The molecular formula is C38H35Cl2N3O7S. The molecule has 2 aromatic heterocycles. The van der Waals surface area contributed by atoms with Crippen LogP contribution in [0.3, 0.4) is 0 Å². The van der Waals surface area contributed by atoms with Gasteiger partial charge in [-0.1, -0.05) is 71.7 Å². The van der Waals surface area contributed by atoms with E-state index in [2.05, 4.69) is 21.4 Å². The molecule has 6 rings (SSSR count). The van der Waals surface area contributed by atoms with Crippen LogP contribution in [0.1, 0.15) is 39.6 Å². The summed E-state index contributed by atoms with van der Waals surface area (Å²) in [6, 6.07) is 22.7. The van der Waals surface area contributed by atoms with Gasteiger partial charge in [0.05, 0.1) is 22.1 Å². The zero-order chi connectivity index (χ0) is 36.0. The van der Waals surface area contributed by atoms with Crippen molar-refractivity contribution in [1.82, 2.24) is 15.3 Å². The summed E-state index contributed by atoms with van der Waals surface area (Å²) in [6.07, 6.45) is 5.44. The van der Waals surface area contributed by atoms with Crippen LogP contribution in [0.15, 0.2) is 90.1 Å². The maximum atomic E-state index is 12.0. The highest BCUT2D eigenvalue weighted by atomic mass is 35.5. The van der Waals surface area contributed by atoms with E-state index in [9.17, 15) is 13.2 Å². The lowest BCUT2D eigenvalue weighted by Crippen LogP contribution is -2.23. The summed E-state index contributed by atoms with van der Waals surface area (Å²) in [4.78, 5) is 20.3. The van der Waals surface area contributed by atoms with Gasteiger partial charge in [-0.15, -0.1) is 0 Å². The first-order valence-corrected chi connectivity index (χ1v) is 18.9. The fraction of sp³-hybridized carbons (Fsp3) is 0.237. The lowest BCUT2D eigenvalue weighted by atomic mass is 9.94. The van der Waals surface area contributed by atoms with E-state index in [-0.39, 0.29) is 46.6 Å². The Hall–Kier alpha value is -4.52. The summed E-state index contributed by atoms with van der Waals surface area (Å²) in [5, 5.41) is 12.8. The van der Waals surface area contributed by atoms with Crippen LogP contribution in [0, 0.1) is 0 Å². The lowest BCUT2D eigenvalue weighted by Gasteiger charge is -2.18. The first kappa shape index (κ1) is 36.3. The number of halogens is 2. The molecule has 51 heavy (non-hydrogen) atoms. The molecule has 2 N–H and O–H groups in total. The van der Waals surface area contributed by atoms with Crippen molar-refractivity contribution in [3.05, 3.63) is 117 Å². The molecule has 0 aliphatic heterocycles. The molecular weight excluding hydrogens is 713 g/mol. The SMILES string of the molecule is CS(=O)(=O)c1cncc(COc2nc(O[C@H]3CCc4c(-c5cccc(-c6ccc(OCCNCCO)cc6)c5Cl)cccc43)c(Cl)cc2C=O)c1. The van der Waals surface area contributed by atoms with Gasteiger partial charge in [-0.3, -0.25) is 9.78 Å². The molecule has 0 saturated heterocycles. The van der Waals surface area contributed by atoms with Crippen LogP contribution >= 0.6 is 23.2 Å². The second-order valence-electron chi connectivity index (χ2n) is 11.9. The molecule has 0 saturated carbocycles. The van der Waals surface area contributed by atoms with E-state index in [1.54, 1.807) is 0 Å². The van der Waals surface area contributed by atoms with Crippen LogP contribution in [0.25, 0.3) is 22.3 Å². The standard InChI is InChI=1S/C38H35Cl2N3O7S/c1-51(46,47)28-18-24(20-42-21-28)23-49-37-26(22-45)19-34(39)38(43-37)50-35-13-12-31-30(5-3-6-32(31)35)33-7-2-4-29(36(33)40)25-8-10-27(11-9-25)48-17-15-41-14-16-44/h2-11,18-22,35,41,44H,12-17,23H2,1H3/t35-/m0/s1. The number of benzene rings is 3. The van der Waals surface area contributed by atoms with Gasteiger partial charge in [-0.05, 0) is 59.4 Å². The molecule has 2 heterocycles. The molecule has 10 nitrogen and oxygen atoms in total. The highest BCUT2D eigenvalue weighted by molar-refractivity contribution is 7.90. The van der Waals surface area contributed by atoms with Crippen LogP contribution in [0.2, 0.25) is 10.0 Å². The Morgan fingerprint density at radius 3 is 2.47 bits per heavy atom. The Morgan fingerprint density at radius 1 is 0.941 bits per heavy atom. The number of hydrogen-bond donors (Lipinski definition) is 2. The minimum Gasteiger partial charge on any atom is -0.492 e. The van der Waals surface area contributed by atoms with E-state index in [1.165, 1.54) is 24.5 Å². The average molecular weight is 749 g/mol. The number of carbonyl (C=O) groups is 1. The van der Waals surface area contributed by atoms with Gasteiger partial charge < -0.3 is 24.6 Å². The minimum absolute atomic E-state index is 0.000576. The Labute approximate surface area is 306 Å². The summed E-state index contributed by atoms with van der Waals surface area (Å²) < 4.78 is 41.9. The Kier molecular flexibility index (Phi) is 11.5. The van der Waals surface area contributed by atoms with E-state index in [4.69, 9.17) is 42.5 Å². The van der Waals surface area contributed by atoms with Gasteiger partial charge >= 0.3 is 0 Å². The number of fused-ring (bicyclic) bond motifs is 1. The zero-order valence-corrected chi connectivity index (χ0v) is 30.0. The normalized spacial score (nSPS) is 13.8. The highest BCUT2D eigenvalue weighted by Gasteiger charge is 2.29. The van der Waals surface area contributed by atoms with E-state index >= 15 is 0 Å². The molecule has 0 unspecified atom stereocenters. The molecule has 0 spiro atoms. The van der Waals surface area contributed by atoms with Gasteiger partial charge in [0.1, 0.15) is 30.1 Å². The molecule has 3 aromatic carbocycles. The quantitative estimate of drug-likeness (QED) is 0.0856. The van der Waals surface area contributed by atoms with Gasteiger partial charge in [0.25, 0.3) is 0 Å². The Morgan fingerprint density at radius 2 is 1.71 bits per heavy atom. The number of rotatable bonds is 15. The summed E-state index contributed by atoms with van der Waals surface area (Å²) >= 11 is 13.6. The number of aliphatic hydroxyl groups is 1. The molecule has 0 radical (unpaired) electrons. The molecule has 0 bridgehead atoms. The van der Waals surface area contributed by atoms with Crippen molar-refractivity contribution >= 4 is 39.3 Å². The van der Waals surface area contributed by atoms with Gasteiger partial charge in [0, 0.05) is 48.4 Å². The number of sulfone groups is 1. The maximum Gasteiger partial charge on any atom is 0.236 e. The zero-order valence-electron chi connectivity index (χ0n) is 27.6. The summed E-state index contributed by atoms with van der Waals surface area (Å²) in [5.41, 5.74) is 6.45. The Balaban J connectivity index is 1.20. The molecule has 1 aliphatic rings. The third-order valence-electron chi connectivity index (χ3n) is 8.40. The number of nitrogens with zero attached hydrogens (tertiary/aromatic N) is 2. The largest absolute Gasteiger partial charge is 0.492 e. The fourth-order valence-electron chi connectivity index (χ4n) is 5.91. The number of hydrogen-bond acceptors (Lipinski definition) is 10. The van der Waals surface area contributed by atoms with Crippen molar-refractivity contribution in [1.29, 1.82) is 0 Å². The number of aromatic nitrogens is 2. The minimum atomic E-state index is -3.46. The van der Waals surface area contributed by atoms with Crippen LogP contribution < -0.4 is 19.5 Å². The van der Waals surface area contributed by atoms with E-state index in [0.717, 1.165) is 51.8 Å². The van der Waals surface area contributed by atoms with Crippen molar-refractivity contribution in [3.8, 4) is 39.8 Å². The predicted molar refractivity (Wildman–Crippen MR) is 196 cm³/mol. The second-order valence-corrected chi connectivity index (χ2v) is 14.7. The number of aliphatic hydroxyl groups excluding tert-OH is 1. The fourth-order valence-corrected chi connectivity index (χ4v) is 7.07. The summed E-state index contributed by atoms with van der Waals surface area (Å²) in [5.74, 6) is 0.853. The smallest absolute Gasteiger partial charge is 0.236 e. The highest BCUT2D eigenvalue weighted by Crippen LogP contribution is 2.44. The van der Waals surface area contributed by atoms with E-state index in [0.29, 0.717) is 43.0 Å². The topological polar surface area (TPSA) is 137 Å². The number of pyridine rings is 2. The summed E-state index contributed by atoms with van der Waals surface area (Å²) in [7, 11) is -3.46. The van der Waals surface area contributed by atoms with Gasteiger partial charge in [-0.25, -0.2) is 8.42 Å². The van der Waals surface area contributed by atoms with Gasteiger partial charge in [-0.2, -0.15) is 4.98 Å².